The first-order valence-corrected chi connectivity index (χ1v) is 2.06. The summed E-state index contributed by atoms with van der Waals surface area (Å²) >= 11 is 0. The van der Waals surface area contributed by atoms with E-state index >= 15 is 0 Å². The summed E-state index contributed by atoms with van der Waals surface area (Å²) in [5, 5.41) is 0. The van der Waals surface area contributed by atoms with Crippen LogP contribution in [0.25, 0.3) is 0 Å². The molecule has 0 fully saturated rings. The zero-order chi connectivity index (χ0) is 5.70. The van der Waals surface area contributed by atoms with E-state index in [2.05, 4.69) is 17.8 Å². The predicted octanol–water partition coefficient (Wildman–Crippen LogP) is -1.54. The van der Waals surface area contributed by atoms with E-state index in [0.29, 0.717) is 6.42 Å². The van der Waals surface area contributed by atoms with Crippen molar-refractivity contribution in [3.8, 4) is 0 Å². The molecule has 43 valence electrons. The monoisotopic (exact) mass is 103 g/mol. The molecule has 0 rings (SSSR count). The SMILES string of the molecule is [CH2]CC(NN)NN. The van der Waals surface area contributed by atoms with Gasteiger partial charge in [-0.15, -0.1) is 0 Å². The van der Waals surface area contributed by atoms with Gasteiger partial charge in [-0.05, 0) is 6.42 Å². The van der Waals surface area contributed by atoms with Gasteiger partial charge < -0.3 is 0 Å². The second-order valence-electron chi connectivity index (χ2n) is 1.17. The molecule has 0 aromatic heterocycles. The average molecular weight is 103 g/mol. The number of hydrazine groups is 2. The molecule has 0 aliphatic heterocycles. The maximum Gasteiger partial charge on any atom is 0.0827 e. The molecular weight excluding hydrogens is 92.1 g/mol. The van der Waals surface area contributed by atoms with Crippen LogP contribution in [0.1, 0.15) is 6.42 Å². The topological polar surface area (TPSA) is 76.1 Å². The van der Waals surface area contributed by atoms with Crippen LogP contribution in [0.4, 0.5) is 0 Å². The van der Waals surface area contributed by atoms with Gasteiger partial charge in [-0.3, -0.25) is 11.7 Å². The van der Waals surface area contributed by atoms with Crippen molar-refractivity contribution in [2.45, 2.75) is 12.6 Å². The number of nitrogens with two attached hydrogens (primary N) is 2. The van der Waals surface area contributed by atoms with E-state index in [-0.39, 0.29) is 6.17 Å². The first kappa shape index (κ1) is 6.84. The van der Waals surface area contributed by atoms with Gasteiger partial charge in [0.05, 0.1) is 6.17 Å². The Morgan fingerprint density at radius 2 is 1.86 bits per heavy atom. The van der Waals surface area contributed by atoms with Crippen molar-refractivity contribution >= 4 is 0 Å². The molecule has 0 aromatic rings. The van der Waals surface area contributed by atoms with Gasteiger partial charge in [0.15, 0.2) is 0 Å². The fourth-order valence-electron chi connectivity index (χ4n) is 0.215. The summed E-state index contributed by atoms with van der Waals surface area (Å²) in [4.78, 5) is 0. The summed E-state index contributed by atoms with van der Waals surface area (Å²) in [5.74, 6) is 9.92. The van der Waals surface area contributed by atoms with E-state index in [0.717, 1.165) is 0 Å². The lowest BCUT2D eigenvalue weighted by molar-refractivity contribution is 0.446. The molecule has 0 aliphatic carbocycles. The Kier molecular flexibility index (Phi) is 3.92. The molecular formula is C3H11N4. The standard InChI is InChI=1S/C3H11N4/c1-2-3(6-4)7-5/h3,6-7H,1-2,4-5H2. The Bertz CT molecular complexity index is 28.4. The summed E-state index contributed by atoms with van der Waals surface area (Å²) in [5.41, 5.74) is 4.81. The lowest BCUT2D eigenvalue weighted by Gasteiger charge is -2.09. The highest BCUT2D eigenvalue weighted by molar-refractivity contribution is 4.55. The molecule has 0 aromatic carbocycles. The lowest BCUT2D eigenvalue weighted by Crippen LogP contribution is -2.48. The number of rotatable bonds is 3. The smallest absolute Gasteiger partial charge is 0.0827 e. The van der Waals surface area contributed by atoms with Crippen molar-refractivity contribution in [3.05, 3.63) is 6.92 Å². The second-order valence-corrected chi connectivity index (χ2v) is 1.17. The molecule has 4 nitrogen and oxygen atoms in total. The predicted molar refractivity (Wildman–Crippen MR) is 28.4 cm³/mol. The van der Waals surface area contributed by atoms with E-state index in [9.17, 15) is 0 Å². The molecule has 0 aliphatic rings. The lowest BCUT2D eigenvalue weighted by atomic mass is 10.4. The van der Waals surface area contributed by atoms with E-state index in [1.807, 2.05) is 0 Å². The zero-order valence-corrected chi connectivity index (χ0v) is 4.15. The maximum atomic E-state index is 4.96. The van der Waals surface area contributed by atoms with E-state index < -0.39 is 0 Å². The average Bonchev–Trinajstić information content (AvgIpc) is 1.72. The molecule has 0 saturated heterocycles. The molecule has 0 amide bonds. The Labute approximate surface area is 43.2 Å². The van der Waals surface area contributed by atoms with Crippen LogP contribution in [0.2, 0.25) is 0 Å². The van der Waals surface area contributed by atoms with Gasteiger partial charge in [-0.25, -0.2) is 10.9 Å². The molecule has 0 unspecified atom stereocenters. The number of hydrogen-bond acceptors (Lipinski definition) is 4. The third kappa shape index (κ3) is 2.52. The third-order valence-electron chi connectivity index (χ3n) is 0.691. The van der Waals surface area contributed by atoms with Crippen LogP contribution in [-0.2, 0) is 0 Å². The van der Waals surface area contributed by atoms with Gasteiger partial charge in [0.1, 0.15) is 0 Å². The third-order valence-corrected chi connectivity index (χ3v) is 0.691. The fraction of sp³-hybridized carbons (Fsp3) is 0.667. The molecule has 0 saturated carbocycles. The normalized spacial score (nSPS) is 10.3. The first-order chi connectivity index (χ1) is 3.35. The maximum absolute atomic E-state index is 4.96. The van der Waals surface area contributed by atoms with Crippen molar-refractivity contribution < 1.29 is 0 Å². The van der Waals surface area contributed by atoms with Crippen LogP contribution < -0.4 is 22.5 Å². The summed E-state index contributed by atoms with van der Waals surface area (Å²) in [6.45, 7) is 3.54. The van der Waals surface area contributed by atoms with Gasteiger partial charge in [-0.2, -0.15) is 0 Å². The minimum Gasteiger partial charge on any atom is -0.270 e. The molecule has 0 atom stereocenters. The Morgan fingerprint density at radius 3 is 1.86 bits per heavy atom. The number of hydrogen-bond donors (Lipinski definition) is 4. The van der Waals surface area contributed by atoms with Crippen LogP contribution >= 0.6 is 0 Å². The van der Waals surface area contributed by atoms with Crippen LogP contribution in [0.5, 0.6) is 0 Å². The molecule has 4 heteroatoms. The van der Waals surface area contributed by atoms with Gasteiger partial charge in [0, 0.05) is 0 Å². The van der Waals surface area contributed by atoms with E-state index in [4.69, 9.17) is 11.7 Å². The molecule has 1 radical (unpaired) electrons. The van der Waals surface area contributed by atoms with Crippen LogP contribution in [-0.4, -0.2) is 6.17 Å². The van der Waals surface area contributed by atoms with Gasteiger partial charge >= 0.3 is 0 Å². The van der Waals surface area contributed by atoms with Gasteiger partial charge in [-0.1, -0.05) is 6.92 Å². The minimum atomic E-state index is -0.0694. The minimum absolute atomic E-state index is 0.0694. The summed E-state index contributed by atoms with van der Waals surface area (Å²) in [6, 6.07) is 0. The second kappa shape index (κ2) is 4.01. The molecule has 6 N–H and O–H groups in total. The van der Waals surface area contributed by atoms with Gasteiger partial charge in [0.25, 0.3) is 0 Å². The Morgan fingerprint density at radius 1 is 1.43 bits per heavy atom. The molecule has 0 heterocycles. The molecule has 7 heavy (non-hydrogen) atoms. The van der Waals surface area contributed by atoms with Crippen molar-refractivity contribution in [3.63, 3.8) is 0 Å². The Hall–Kier alpha value is -0.160. The van der Waals surface area contributed by atoms with Gasteiger partial charge in [0.2, 0.25) is 0 Å². The highest BCUT2D eigenvalue weighted by Crippen LogP contribution is 1.75. The quantitative estimate of drug-likeness (QED) is 0.198. The van der Waals surface area contributed by atoms with Crippen LogP contribution in [0.3, 0.4) is 0 Å². The first-order valence-electron chi connectivity index (χ1n) is 2.06. The highest BCUT2D eigenvalue weighted by Gasteiger charge is 1.94. The summed E-state index contributed by atoms with van der Waals surface area (Å²) in [6.07, 6.45) is 0.562. The molecule has 0 spiro atoms. The fourth-order valence-corrected chi connectivity index (χ4v) is 0.215. The van der Waals surface area contributed by atoms with Crippen molar-refractivity contribution in [1.82, 2.24) is 10.9 Å². The summed E-state index contributed by atoms with van der Waals surface area (Å²) < 4.78 is 0. The largest absolute Gasteiger partial charge is 0.270 e. The zero-order valence-electron chi connectivity index (χ0n) is 4.15. The Balaban J connectivity index is 2.99. The van der Waals surface area contributed by atoms with E-state index in [1.165, 1.54) is 0 Å². The van der Waals surface area contributed by atoms with Crippen molar-refractivity contribution in [2.75, 3.05) is 0 Å². The van der Waals surface area contributed by atoms with Crippen molar-refractivity contribution in [2.24, 2.45) is 11.7 Å². The molecule has 0 bridgehead atoms. The highest BCUT2D eigenvalue weighted by atomic mass is 15.4. The van der Waals surface area contributed by atoms with Crippen LogP contribution in [0.15, 0.2) is 0 Å². The number of nitrogens with one attached hydrogen (secondary N) is 2. The summed E-state index contributed by atoms with van der Waals surface area (Å²) in [7, 11) is 0. The van der Waals surface area contributed by atoms with Crippen LogP contribution in [0, 0.1) is 6.92 Å². The van der Waals surface area contributed by atoms with E-state index in [1.54, 1.807) is 0 Å². The van der Waals surface area contributed by atoms with Crippen molar-refractivity contribution in [1.29, 1.82) is 0 Å².